The summed E-state index contributed by atoms with van der Waals surface area (Å²) >= 11 is 0. The zero-order valence-corrected chi connectivity index (χ0v) is 10.8. The van der Waals surface area contributed by atoms with Gasteiger partial charge in [-0.3, -0.25) is 9.59 Å². The van der Waals surface area contributed by atoms with E-state index in [2.05, 4.69) is 0 Å². The maximum atomic E-state index is 11.4. The van der Waals surface area contributed by atoms with Gasteiger partial charge in [-0.25, -0.2) is 0 Å². The minimum absolute atomic E-state index is 0.0488. The van der Waals surface area contributed by atoms with Crippen molar-refractivity contribution in [2.75, 3.05) is 13.2 Å². The van der Waals surface area contributed by atoms with E-state index in [4.69, 9.17) is 14.7 Å². The highest BCUT2D eigenvalue weighted by Crippen LogP contribution is 2.16. The van der Waals surface area contributed by atoms with Crippen LogP contribution in [0.15, 0.2) is 0 Å². The van der Waals surface area contributed by atoms with Crippen molar-refractivity contribution in [3.63, 3.8) is 0 Å². The molecule has 1 atom stereocenters. The summed E-state index contributed by atoms with van der Waals surface area (Å²) in [5.74, 6) is -1.79. The first-order chi connectivity index (χ1) is 7.82. The SMILES string of the molecule is CCOC(=O)C(C#N)CCOC(=O)C(C)(C)C. The third-order valence-electron chi connectivity index (χ3n) is 1.98. The van der Waals surface area contributed by atoms with Crippen molar-refractivity contribution >= 4 is 11.9 Å². The molecule has 0 aromatic carbocycles. The molecule has 0 aromatic heterocycles. The molecule has 5 nitrogen and oxygen atoms in total. The molecular formula is C12H19NO4. The fourth-order valence-corrected chi connectivity index (χ4v) is 0.964. The third-order valence-corrected chi connectivity index (χ3v) is 1.98. The van der Waals surface area contributed by atoms with Gasteiger partial charge in [0.2, 0.25) is 0 Å². The van der Waals surface area contributed by atoms with Gasteiger partial charge in [0.25, 0.3) is 0 Å². The van der Waals surface area contributed by atoms with Crippen LogP contribution in [0.2, 0.25) is 0 Å². The molecule has 0 spiro atoms. The molecule has 0 heterocycles. The fourth-order valence-electron chi connectivity index (χ4n) is 0.964. The molecule has 0 aromatic rings. The quantitative estimate of drug-likeness (QED) is 0.684. The second kappa shape index (κ2) is 6.89. The summed E-state index contributed by atoms with van der Waals surface area (Å²) in [5, 5.41) is 8.76. The standard InChI is InChI=1S/C12H19NO4/c1-5-16-10(14)9(8-13)6-7-17-11(15)12(2,3)4/h9H,5-7H2,1-4H3. The van der Waals surface area contributed by atoms with E-state index in [-0.39, 0.29) is 25.6 Å². The Morgan fingerprint density at radius 1 is 1.29 bits per heavy atom. The summed E-state index contributed by atoms with van der Waals surface area (Å²) in [7, 11) is 0. The zero-order valence-electron chi connectivity index (χ0n) is 10.8. The van der Waals surface area contributed by atoms with Crippen LogP contribution in [-0.4, -0.2) is 25.2 Å². The minimum Gasteiger partial charge on any atom is -0.465 e. The summed E-state index contributed by atoms with van der Waals surface area (Å²) in [6.07, 6.45) is 0.164. The highest BCUT2D eigenvalue weighted by atomic mass is 16.5. The van der Waals surface area contributed by atoms with Crippen molar-refractivity contribution in [3.05, 3.63) is 0 Å². The second-order valence-electron chi connectivity index (χ2n) is 4.61. The number of ether oxygens (including phenoxy) is 2. The van der Waals surface area contributed by atoms with E-state index < -0.39 is 17.3 Å². The van der Waals surface area contributed by atoms with Crippen LogP contribution >= 0.6 is 0 Å². The topological polar surface area (TPSA) is 76.4 Å². The molecule has 0 fully saturated rings. The predicted octanol–water partition coefficient (Wildman–Crippen LogP) is 1.67. The van der Waals surface area contributed by atoms with Crippen LogP contribution < -0.4 is 0 Å². The maximum Gasteiger partial charge on any atom is 0.323 e. The normalized spacial score (nSPS) is 12.4. The first-order valence-electron chi connectivity index (χ1n) is 5.56. The van der Waals surface area contributed by atoms with Crippen LogP contribution in [0.1, 0.15) is 34.1 Å². The number of rotatable bonds is 5. The predicted molar refractivity (Wildman–Crippen MR) is 60.8 cm³/mol. The van der Waals surface area contributed by atoms with Crippen molar-refractivity contribution in [2.24, 2.45) is 11.3 Å². The molecular weight excluding hydrogens is 222 g/mol. The van der Waals surface area contributed by atoms with Crippen molar-refractivity contribution in [2.45, 2.75) is 34.1 Å². The van der Waals surface area contributed by atoms with Crippen LogP contribution in [0.3, 0.4) is 0 Å². The van der Waals surface area contributed by atoms with Gasteiger partial charge in [0.1, 0.15) is 5.92 Å². The van der Waals surface area contributed by atoms with E-state index >= 15 is 0 Å². The van der Waals surface area contributed by atoms with Gasteiger partial charge in [-0.05, 0) is 27.7 Å². The molecule has 0 saturated carbocycles. The average Bonchev–Trinajstić information content (AvgIpc) is 2.22. The Morgan fingerprint density at radius 3 is 2.29 bits per heavy atom. The number of esters is 2. The second-order valence-corrected chi connectivity index (χ2v) is 4.61. The van der Waals surface area contributed by atoms with Gasteiger partial charge in [-0.15, -0.1) is 0 Å². The van der Waals surface area contributed by atoms with Gasteiger partial charge in [-0.2, -0.15) is 5.26 Å². The van der Waals surface area contributed by atoms with Crippen LogP contribution in [-0.2, 0) is 19.1 Å². The molecule has 0 radical (unpaired) electrons. The van der Waals surface area contributed by atoms with Gasteiger partial charge in [0.15, 0.2) is 0 Å². The van der Waals surface area contributed by atoms with Crippen molar-refractivity contribution in [3.8, 4) is 6.07 Å². The summed E-state index contributed by atoms with van der Waals surface area (Å²) in [6, 6.07) is 1.83. The van der Waals surface area contributed by atoms with Gasteiger partial charge in [0.05, 0.1) is 24.7 Å². The van der Waals surface area contributed by atoms with Gasteiger partial charge >= 0.3 is 11.9 Å². The van der Waals surface area contributed by atoms with Crippen LogP contribution in [0.25, 0.3) is 0 Å². The molecule has 0 rings (SSSR count). The molecule has 5 heteroatoms. The van der Waals surface area contributed by atoms with Gasteiger partial charge < -0.3 is 9.47 Å². The molecule has 0 aliphatic carbocycles. The van der Waals surface area contributed by atoms with Crippen LogP contribution in [0.5, 0.6) is 0 Å². The van der Waals surface area contributed by atoms with E-state index in [0.29, 0.717) is 0 Å². The summed E-state index contributed by atoms with van der Waals surface area (Å²) in [5.41, 5.74) is -0.577. The molecule has 0 bridgehead atoms. The lowest BCUT2D eigenvalue weighted by Crippen LogP contribution is -2.25. The van der Waals surface area contributed by atoms with E-state index in [1.807, 2.05) is 6.07 Å². The third kappa shape index (κ3) is 5.91. The number of hydrogen-bond acceptors (Lipinski definition) is 5. The van der Waals surface area contributed by atoms with Gasteiger partial charge in [-0.1, -0.05) is 0 Å². The maximum absolute atomic E-state index is 11.4. The van der Waals surface area contributed by atoms with Crippen LogP contribution in [0, 0.1) is 22.7 Å². The zero-order chi connectivity index (χ0) is 13.5. The Kier molecular flexibility index (Phi) is 6.26. The largest absolute Gasteiger partial charge is 0.465 e. The molecule has 0 saturated heterocycles. The number of nitrogens with zero attached hydrogens (tertiary/aromatic N) is 1. The van der Waals surface area contributed by atoms with E-state index in [9.17, 15) is 9.59 Å². The number of carbonyl (C=O) groups excluding carboxylic acids is 2. The Balaban J connectivity index is 4.07. The lowest BCUT2D eigenvalue weighted by atomic mass is 9.97. The molecule has 0 aliphatic heterocycles. The molecule has 96 valence electrons. The van der Waals surface area contributed by atoms with Gasteiger partial charge in [0, 0.05) is 6.42 Å². The molecule has 17 heavy (non-hydrogen) atoms. The molecule has 0 N–H and O–H groups in total. The average molecular weight is 241 g/mol. The highest BCUT2D eigenvalue weighted by Gasteiger charge is 2.24. The smallest absolute Gasteiger partial charge is 0.323 e. The number of carbonyl (C=O) groups is 2. The summed E-state index contributed by atoms with van der Waals surface area (Å²) in [4.78, 5) is 22.7. The van der Waals surface area contributed by atoms with E-state index in [1.165, 1.54) is 0 Å². The molecule has 0 aliphatic rings. The first-order valence-corrected chi connectivity index (χ1v) is 5.56. The Morgan fingerprint density at radius 2 is 1.88 bits per heavy atom. The van der Waals surface area contributed by atoms with Crippen molar-refractivity contribution in [1.82, 2.24) is 0 Å². The number of hydrogen-bond donors (Lipinski definition) is 0. The highest BCUT2D eigenvalue weighted by molar-refractivity contribution is 5.76. The molecule has 0 amide bonds. The minimum atomic E-state index is -0.872. The van der Waals surface area contributed by atoms with Crippen LogP contribution in [0.4, 0.5) is 0 Å². The van der Waals surface area contributed by atoms with Crippen molar-refractivity contribution in [1.29, 1.82) is 5.26 Å². The van der Waals surface area contributed by atoms with E-state index in [1.54, 1.807) is 27.7 Å². The first kappa shape index (κ1) is 15.4. The lowest BCUT2D eigenvalue weighted by Gasteiger charge is -2.17. The Hall–Kier alpha value is -1.57. The summed E-state index contributed by atoms with van der Waals surface area (Å²) in [6.45, 7) is 7.17. The monoisotopic (exact) mass is 241 g/mol. The molecule has 1 unspecified atom stereocenters. The lowest BCUT2D eigenvalue weighted by molar-refractivity contribution is -0.155. The van der Waals surface area contributed by atoms with E-state index in [0.717, 1.165) is 0 Å². The Labute approximate surface area is 102 Å². The Bertz CT molecular complexity index is 311. The van der Waals surface area contributed by atoms with Crippen molar-refractivity contribution < 1.29 is 19.1 Å². The summed E-state index contributed by atoms with van der Waals surface area (Å²) < 4.78 is 9.69. The number of nitriles is 1. The fraction of sp³-hybridized carbons (Fsp3) is 0.750.